The number of halogens is 1. The first-order valence-corrected chi connectivity index (χ1v) is 9.64. The van der Waals surface area contributed by atoms with Gasteiger partial charge in [0.1, 0.15) is 5.76 Å². The summed E-state index contributed by atoms with van der Waals surface area (Å²) in [5.41, 5.74) is 0.976. The number of aliphatic imine (C=N–C) groups is 1. The minimum Gasteiger partial charge on any atom is -0.493 e. The zero-order valence-electron chi connectivity index (χ0n) is 18.2. The third kappa shape index (κ3) is 7.75. The first-order valence-electron chi connectivity index (χ1n) is 9.64. The summed E-state index contributed by atoms with van der Waals surface area (Å²) >= 11 is 0. The van der Waals surface area contributed by atoms with Gasteiger partial charge < -0.3 is 24.5 Å². The van der Waals surface area contributed by atoms with E-state index in [0.717, 1.165) is 29.4 Å². The number of oxazole rings is 1. The highest BCUT2D eigenvalue weighted by molar-refractivity contribution is 14.0. The van der Waals surface area contributed by atoms with Crippen LogP contribution >= 0.6 is 24.0 Å². The Morgan fingerprint density at radius 3 is 2.52 bits per heavy atom. The molecule has 0 spiro atoms. The normalized spacial score (nSPS) is 11.6. The molecule has 29 heavy (non-hydrogen) atoms. The fourth-order valence-corrected chi connectivity index (χ4v) is 2.50. The van der Waals surface area contributed by atoms with Gasteiger partial charge in [-0.15, -0.1) is 24.0 Å². The van der Waals surface area contributed by atoms with E-state index < -0.39 is 0 Å². The second-order valence-corrected chi connectivity index (χ2v) is 7.34. The number of benzene rings is 1. The van der Waals surface area contributed by atoms with Gasteiger partial charge >= 0.3 is 0 Å². The third-order valence-electron chi connectivity index (χ3n) is 3.99. The van der Waals surface area contributed by atoms with Crippen LogP contribution in [0.1, 0.15) is 51.8 Å². The van der Waals surface area contributed by atoms with Crippen molar-refractivity contribution in [1.82, 2.24) is 15.6 Å². The number of methoxy groups -OCH3 is 1. The van der Waals surface area contributed by atoms with Gasteiger partial charge in [-0.1, -0.05) is 26.8 Å². The molecule has 162 valence electrons. The van der Waals surface area contributed by atoms with Gasteiger partial charge in [-0.3, -0.25) is 0 Å². The Bertz CT molecular complexity index is 784. The van der Waals surface area contributed by atoms with Gasteiger partial charge in [0.2, 0.25) is 5.89 Å². The minimum atomic E-state index is -0.0591. The number of rotatable bonds is 8. The second kappa shape index (κ2) is 11.9. The molecule has 0 saturated heterocycles. The molecule has 0 aliphatic heterocycles. The highest BCUT2D eigenvalue weighted by Crippen LogP contribution is 2.28. The van der Waals surface area contributed by atoms with Gasteiger partial charge in [0.25, 0.3) is 0 Å². The van der Waals surface area contributed by atoms with Crippen LogP contribution in [-0.4, -0.2) is 31.2 Å². The van der Waals surface area contributed by atoms with Crippen molar-refractivity contribution in [2.24, 2.45) is 4.99 Å². The topological polar surface area (TPSA) is 80.9 Å². The van der Waals surface area contributed by atoms with Gasteiger partial charge in [-0.2, -0.15) is 0 Å². The summed E-state index contributed by atoms with van der Waals surface area (Å²) in [5.74, 6) is 3.65. The summed E-state index contributed by atoms with van der Waals surface area (Å²) in [6.07, 6.45) is 1.79. The molecule has 0 aliphatic carbocycles. The van der Waals surface area contributed by atoms with Gasteiger partial charge in [0.15, 0.2) is 17.5 Å². The first-order chi connectivity index (χ1) is 13.4. The van der Waals surface area contributed by atoms with E-state index in [4.69, 9.17) is 13.9 Å². The molecule has 1 aromatic carbocycles. The molecule has 0 aliphatic rings. The summed E-state index contributed by atoms with van der Waals surface area (Å²) in [6.45, 7) is 12.6. The monoisotopic (exact) mass is 516 g/mol. The molecule has 0 amide bonds. The van der Waals surface area contributed by atoms with E-state index in [1.165, 1.54) is 0 Å². The molecule has 1 heterocycles. The Morgan fingerprint density at radius 2 is 1.93 bits per heavy atom. The standard InChI is InChI=1S/C21H32N4O3.HI/c1-7-22-20(25-14-19-23-13-18(28-19)21(3,4)5)24-12-15-9-10-16(26-6)17(11-15)27-8-2;/h9-11,13H,7-8,12,14H2,1-6H3,(H2,22,24,25);1H. The number of guanidine groups is 1. The quantitative estimate of drug-likeness (QED) is 0.310. The predicted molar refractivity (Wildman–Crippen MR) is 126 cm³/mol. The molecule has 1 aromatic heterocycles. The lowest BCUT2D eigenvalue weighted by Crippen LogP contribution is -2.36. The van der Waals surface area contributed by atoms with Crippen LogP contribution in [0.15, 0.2) is 33.8 Å². The molecule has 0 unspecified atom stereocenters. The summed E-state index contributed by atoms with van der Waals surface area (Å²) in [6, 6.07) is 5.84. The van der Waals surface area contributed by atoms with Crippen molar-refractivity contribution in [3.63, 3.8) is 0 Å². The van der Waals surface area contributed by atoms with Crippen LogP contribution in [0.25, 0.3) is 0 Å². The molecule has 2 aromatic rings. The Morgan fingerprint density at radius 1 is 1.17 bits per heavy atom. The Kier molecular flexibility index (Phi) is 10.3. The SMILES string of the molecule is CCNC(=NCc1ccc(OC)c(OCC)c1)NCc1ncc(C(C)(C)C)o1.I. The average Bonchev–Trinajstić information content (AvgIpc) is 3.14. The number of nitrogens with zero attached hydrogens (tertiary/aromatic N) is 2. The number of ether oxygens (including phenoxy) is 2. The van der Waals surface area contributed by atoms with Crippen LogP contribution in [-0.2, 0) is 18.5 Å². The van der Waals surface area contributed by atoms with Gasteiger partial charge in [-0.05, 0) is 31.5 Å². The molecule has 2 N–H and O–H groups in total. The fourth-order valence-electron chi connectivity index (χ4n) is 2.50. The first kappa shape index (κ1) is 25.1. The molecular weight excluding hydrogens is 483 g/mol. The molecule has 2 rings (SSSR count). The Labute approximate surface area is 190 Å². The van der Waals surface area contributed by atoms with Gasteiger partial charge in [-0.25, -0.2) is 9.98 Å². The summed E-state index contributed by atoms with van der Waals surface area (Å²) in [5, 5.41) is 6.50. The number of hydrogen-bond donors (Lipinski definition) is 2. The zero-order valence-corrected chi connectivity index (χ0v) is 20.5. The molecule has 0 fully saturated rings. The Hall–Kier alpha value is -1.97. The zero-order chi connectivity index (χ0) is 20.6. The molecule has 7 nitrogen and oxygen atoms in total. The maximum absolute atomic E-state index is 5.82. The maximum atomic E-state index is 5.82. The molecular formula is C21H33IN4O3. The van der Waals surface area contributed by atoms with Crippen molar-refractivity contribution in [3.05, 3.63) is 41.6 Å². The van der Waals surface area contributed by atoms with Crippen LogP contribution in [0.4, 0.5) is 0 Å². The van der Waals surface area contributed by atoms with Crippen LogP contribution < -0.4 is 20.1 Å². The van der Waals surface area contributed by atoms with E-state index in [9.17, 15) is 0 Å². The molecule has 0 radical (unpaired) electrons. The highest BCUT2D eigenvalue weighted by atomic mass is 127. The van der Waals surface area contributed by atoms with Crippen molar-refractivity contribution in [3.8, 4) is 11.5 Å². The van der Waals surface area contributed by atoms with E-state index in [0.29, 0.717) is 31.5 Å². The van der Waals surface area contributed by atoms with Crippen molar-refractivity contribution in [2.75, 3.05) is 20.3 Å². The molecule has 0 bridgehead atoms. The molecule has 0 atom stereocenters. The largest absolute Gasteiger partial charge is 0.493 e. The summed E-state index contributed by atoms with van der Waals surface area (Å²) in [7, 11) is 1.64. The minimum absolute atomic E-state index is 0. The van der Waals surface area contributed by atoms with Crippen molar-refractivity contribution in [1.29, 1.82) is 0 Å². The fraction of sp³-hybridized carbons (Fsp3) is 0.524. The van der Waals surface area contributed by atoms with Gasteiger partial charge in [0, 0.05) is 12.0 Å². The number of hydrogen-bond acceptors (Lipinski definition) is 5. The maximum Gasteiger partial charge on any atom is 0.213 e. The Balaban J connectivity index is 0.00000420. The van der Waals surface area contributed by atoms with Gasteiger partial charge in [0.05, 0.1) is 33.0 Å². The lowest BCUT2D eigenvalue weighted by molar-refractivity contribution is 0.310. The van der Waals surface area contributed by atoms with Crippen molar-refractivity contribution < 1.29 is 13.9 Å². The van der Waals surface area contributed by atoms with Crippen molar-refractivity contribution in [2.45, 2.75) is 53.1 Å². The smallest absolute Gasteiger partial charge is 0.213 e. The van der Waals surface area contributed by atoms with Crippen LogP contribution in [0.5, 0.6) is 11.5 Å². The molecule has 8 heteroatoms. The lowest BCUT2D eigenvalue weighted by Gasteiger charge is -2.13. The van der Waals surface area contributed by atoms with Crippen LogP contribution in [0.3, 0.4) is 0 Å². The van der Waals surface area contributed by atoms with E-state index in [2.05, 4.69) is 41.4 Å². The second-order valence-electron chi connectivity index (χ2n) is 7.34. The lowest BCUT2D eigenvalue weighted by atomic mass is 9.94. The van der Waals surface area contributed by atoms with Crippen LogP contribution in [0, 0.1) is 0 Å². The molecule has 0 saturated carbocycles. The van der Waals surface area contributed by atoms with E-state index in [-0.39, 0.29) is 29.4 Å². The number of nitrogens with one attached hydrogen (secondary N) is 2. The van der Waals surface area contributed by atoms with Crippen molar-refractivity contribution >= 4 is 29.9 Å². The van der Waals surface area contributed by atoms with E-state index in [1.54, 1.807) is 13.3 Å². The van der Waals surface area contributed by atoms with E-state index >= 15 is 0 Å². The van der Waals surface area contributed by atoms with E-state index in [1.807, 2.05) is 32.0 Å². The highest BCUT2D eigenvalue weighted by Gasteiger charge is 2.19. The van der Waals surface area contributed by atoms with Crippen LogP contribution in [0.2, 0.25) is 0 Å². The summed E-state index contributed by atoms with van der Waals surface area (Å²) < 4.78 is 16.8. The third-order valence-corrected chi connectivity index (χ3v) is 3.99. The average molecular weight is 516 g/mol. The summed E-state index contributed by atoms with van der Waals surface area (Å²) in [4.78, 5) is 8.98. The number of aromatic nitrogens is 1. The predicted octanol–water partition coefficient (Wildman–Crippen LogP) is 4.25.